The fourth-order valence-corrected chi connectivity index (χ4v) is 3.85. The Morgan fingerprint density at radius 2 is 1.26 bits per heavy atom. The van der Waals surface area contributed by atoms with Gasteiger partial charge >= 0.3 is 0 Å². The molecule has 2 nitrogen and oxygen atoms in total. The highest BCUT2D eigenvalue weighted by Gasteiger charge is 2.14. The number of aromatic nitrogens is 1. The zero-order valence-electron chi connectivity index (χ0n) is 14.6. The fourth-order valence-electron chi connectivity index (χ4n) is 3.85. The van der Waals surface area contributed by atoms with Crippen LogP contribution in [0.25, 0.3) is 38.6 Å². The Balaban J connectivity index is 1.88. The van der Waals surface area contributed by atoms with Crippen LogP contribution in [0, 0.1) is 11.3 Å². The molecule has 27 heavy (non-hydrogen) atoms. The van der Waals surface area contributed by atoms with Gasteiger partial charge in [0.05, 0.1) is 28.4 Å². The van der Waals surface area contributed by atoms with Crippen LogP contribution in [0.3, 0.4) is 0 Å². The van der Waals surface area contributed by atoms with Crippen LogP contribution in [0.1, 0.15) is 5.56 Å². The molecule has 0 unspecified atom stereocenters. The molecule has 2 heteroatoms. The lowest BCUT2D eigenvalue weighted by atomic mass is 10.0. The smallest absolute Gasteiger partial charge is 0.0991 e. The van der Waals surface area contributed by atoms with Gasteiger partial charge in [0.25, 0.3) is 0 Å². The van der Waals surface area contributed by atoms with Gasteiger partial charge in [0.15, 0.2) is 0 Å². The van der Waals surface area contributed by atoms with Crippen LogP contribution in [0.2, 0.25) is 0 Å². The van der Waals surface area contributed by atoms with E-state index >= 15 is 0 Å². The van der Waals surface area contributed by atoms with E-state index in [4.69, 9.17) is 0 Å². The average molecular weight is 344 g/mol. The quantitative estimate of drug-likeness (QED) is 0.368. The number of para-hydroxylation sites is 3. The van der Waals surface area contributed by atoms with Crippen molar-refractivity contribution in [1.29, 1.82) is 5.26 Å². The summed E-state index contributed by atoms with van der Waals surface area (Å²) < 4.78 is 2.32. The molecule has 1 heterocycles. The minimum absolute atomic E-state index is 0.671. The summed E-state index contributed by atoms with van der Waals surface area (Å²) in [4.78, 5) is 0. The zero-order chi connectivity index (χ0) is 18.2. The third kappa shape index (κ3) is 2.41. The molecule has 0 fully saturated rings. The molecule has 0 amide bonds. The van der Waals surface area contributed by atoms with Crippen LogP contribution in [0.15, 0.2) is 97.1 Å². The second-order valence-corrected chi connectivity index (χ2v) is 6.58. The van der Waals surface area contributed by atoms with E-state index in [0.29, 0.717) is 5.56 Å². The number of hydrogen-bond acceptors (Lipinski definition) is 1. The van der Waals surface area contributed by atoms with E-state index in [1.54, 1.807) is 0 Å². The Hall–Kier alpha value is -3.83. The van der Waals surface area contributed by atoms with E-state index in [2.05, 4.69) is 83.4 Å². The summed E-state index contributed by atoms with van der Waals surface area (Å²) >= 11 is 0. The van der Waals surface area contributed by atoms with Gasteiger partial charge in [-0.15, -0.1) is 0 Å². The molecule has 0 saturated heterocycles. The van der Waals surface area contributed by atoms with E-state index in [1.165, 1.54) is 21.8 Å². The van der Waals surface area contributed by atoms with Crippen molar-refractivity contribution in [2.24, 2.45) is 0 Å². The Labute approximate surface area is 157 Å². The predicted octanol–water partition coefficient (Wildman–Crippen LogP) is 6.32. The summed E-state index contributed by atoms with van der Waals surface area (Å²) in [5, 5.41) is 11.8. The lowest BCUT2D eigenvalue weighted by Crippen LogP contribution is -1.97. The monoisotopic (exact) mass is 344 g/mol. The van der Waals surface area contributed by atoms with E-state index in [9.17, 15) is 5.26 Å². The van der Waals surface area contributed by atoms with Gasteiger partial charge in [-0.1, -0.05) is 66.7 Å². The molecule has 0 N–H and O–H groups in total. The van der Waals surface area contributed by atoms with Crippen LogP contribution >= 0.6 is 0 Å². The fraction of sp³-hybridized carbons (Fsp3) is 0. The lowest BCUT2D eigenvalue weighted by Gasteiger charge is -2.14. The Bertz CT molecular complexity index is 1280. The van der Waals surface area contributed by atoms with Crippen LogP contribution in [-0.2, 0) is 0 Å². The molecule has 0 atom stereocenters. The summed E-state index contributed by atoms with van der Waals surface area (Å²) in [6, 6.07) is 35.4. The van der Waals surface area contributed by atoms with E-state index < -0.39 is 0 Å². The predicted molar refractivity (Wildman–Crippen MR) is 111 cm³/mol. The number of fused-ring (bicyclic) bond motifs is 3. The molecular formula is C25H16N2. The Kier molecular flexibility index (Phi) is 3.52. The first-order valence-electron chi connectivity index (χ1n) is 8.95. The number of hydrogen-bond donors (Lipinski definition) is 0. The van der Waals surface area contributed by atoms with Crippen molar-refractivity contribution in [2.45, 2.75) is 0 Å². The third-order valence-electron chi connectivity index (χ3n) is 5.03. The lowest BCUT2D eigenvalue weighted by molar-refractivity contribution is 1.18. The molecule has 5 rings (SSSR count). The Morgan fingerprint density at radius 1 is 0.630 bits per heavy atom. The molecule has 0 saturated carbocycles. The van der Waals surface area contributed by atoms with Crippen molar-refractivity contribution >= 4 is 21.8 Å². The molecule has 5 aromatic rings. The van der Waals surface area contributed by atoms with Crippen molar-refractivity contribution in [2.75, 3.05) is 0 Å². The average Bonchev–Trinajstić information content (AvgIpc) is 3.08. The van der Waals surface area contributed by atoms with Gasteiger partial charge in [0, 0.05) is 16.3 Å². The molecule has 0 radical (unpaired) electrons. The molecule has 0 aliphatic carbocycles. The summed E-state index contributed by atoms with van der Waals surface area (Å²) in [5.41, 5.74) is 6.31. The number of rotatable bonds is 2. The van der Waals surface area contributed by atoms with Gasteiger partial charge in [-0.3, -0.25) is 0 Å². The molecule has 0 aliphatic heterocycles. The van der Waals surface area contributed by atoms with Gasteiger partial charge in [0.2, 0.25) is 0 Å². The molecular weight excluding hydrogens is 328 g/mol. The number of nitriles is 1. The second-order valence-electron chi connectivity index (χ2n) is 6.58. The van der Waals surface area contributed by atoms with E-state index in [0.717, 1.165) is 16.8 Å². The highest BCUT2D eigenvalue weighted by molar-refractivity contribution is 6.09. The highest BCUT2D eigenvalue weighted by Crippen LogP contribution is 2.35. The van der Waals surface area contributed by atoms with Crippen molar-refractivity contribution in [3.63, 3.8) is 0 Å². The van der Waals surface area contributed by atoms with Crippen molar-refractivity contribution in [3.8, 4) is 22.9 Å². The summed E-state index contributed by atoms with van der Waals surface area (Å²) in [6.07, 6.45) is 0. The standard InChI is InChI=1S/C25H16N2/c26-17-18-8-7-9-19(16-18)20-10-1-4-13-23(20)27-24-14-5-2-11-21(24)22-12-3-6-15-25(22)27/h1-16H. The maximum Gasteiger partial charge on any atom is 0.0991 e. The highest BCUT2D eigenvalue weighted by atomic mass is 15.0. The molecule has 0 aliphatic rings. The normalized spacial score (nSPS) is 10.9. The van der Waals surface area contributed by atoms with Crippen molar-refractivity contribution < 1.29 is 0 Å². The number of nitrogens with zero attached hydrogens (tertiary/aromatic N) is 2. The van der Waals surface area contributed by atoms with Gasteiger partial charge in [-0.2, -0.15) is 5.26 Å². The van der Waals surface area contributed by atoms with Gasteiger partial charge in [0.1, 0.15) is 0 Å². The molecule has 4 aromatic carbocycles. The minimum atomic E-state index is 0.671. The third-order valence-corrected chi connectivity index (χ3v) is 5.03. The SMILES string of the molecule is N#Cc1cccc(-c2ccccc2-n2c3ccccc3c3ccccc32)c1. The van der Waals surface area contributed by atoms with Gasteiger partial charge in [-0.05, 0) is 35.9 Å². The van der Waals surface area contributed by atoms with Gasteiger partial charge in [-0.25, -0.2) is 0 Å². The molecule has 0 spiro atoms. The van der Waals surface area contributed by atoms with Crippen molar-refractivity contribution in [3.05, 3.63) is 103 Å². The topological polar surface area (TPSA) is 28.7 Å². The van der Waals surface area contributed by atoms with Crippen molar-refractivity contribution in [1.82, 2.24) is 4.57 Å². The zero-order valence-corrected chi connectivity index (χ0v) is 14.6. The Morgan fingerprint density at radius 3 is 1.96 bits per heavy atom. The minimum Gasteiger partial charge on any atom is -0.309 e. The molecule has 126 valence electrons. The largest absolute Gasteiger partial charge is 0.309 e. The summed E-state index contributed by atoms with van der Waals surface area (Å²) in [7, 11) is 0. The summed E-state index contributed by atoms with van der Waals surface area (Å²) in [6.45, 7) is 0. The van der Waals surface area contributed by atoms with Crippen LogP contribution < -0.4 is 0 Å². The summed E-state index contributed by atoms with van der Waals surface area (Å²) in [5.74, 6) is 0. The van der Waals surface area contributed by atoms with E-state index in [-0.39, 0.29) is 0 Å². The maximum absolute atomic E-state index is 9.29. The van der Waals surface area contributed by atoms with Crippen LogP contribution in [-0.4, -0.2) is 4.57 Å². The van der Waals surface area contributed by atoms with Gasteiger partial charge < -0.3 is 4.57 Å². The first kappa shape index (κ1) is 15.4. The van der Waals surface area contributed by atoms with Crippen LogP contribution in [0.5, 0.6) is 0 Å². The van der Waals surface area contributed by atoms with Crippen LogP contribution in [0.4, 0.5) is 0 Å². The number of benzene rings is 4. The maximum atomic E-state index is 9.29. The molecule has 0 bridgehead atoms. The second kappa shape index (κ2) is 6.16. The first-order chi connectivity index (χ1) is 13.4. The first-order valence-corrected chi connectivity index (χ1v) is 8.95. The molecule has 1 aromatic heterocycles. The van der Waals surface area contributed by atoms with E-state index in [1.807, 2.05) is 24.3 Å².